The number of carbonyl (C=O) groups is 2. The smallest absolute Gasteiger partial charge is 0.377 e. The predicted molar refractivity (Wildman–Crippen MR) is 106 cm³/mol. The summed E-state index contributed by atoms with van der Waals surface area (Å²) in [4.78, 5) is 24.9. The van der Waals surface area contributed by atoms with E-state index in [0.29, 0.717) is 31.5 Å². The van der Waals surface area contributed by atoms with Crippen LogP contribution in [0.2, 0.25) is 0 Å². The number of hydrogen-bond acceptors (Lipinski definition) is 7. The molecule has 2 aromatic rings. The van der Waals surface area contributed by atoms with E-state index >= 15 is 0 Å². The summed E-state index contributed by atoms with van der Waals surface area (Å²) in [5.41, 5.74) is 3.19. The maximum Gasteiger partial charge on any atom is 0.377 e. The molecule has 0 atom stereocenters. The van der Waals surface area contributed by atoms with Gasteiger partial charge in [0.2, 0.25) is 5.76 Å². The van der Waals surface area contributed by atoms with Gasteiger partial charge < -0.3 is 19.3 Å². The molecule has 1 saturated heterocycles. The highest BCUT2D eigenvalue weighted by Crippen LogP contribution is 2.37. The van der Waals surface area contributed by atoms with Gasteiger partial charge in [-0.1, -0.05) is 12.1 Å². The molecule has 0 aromatic carbocycles. The molecular formula is C21H28N4O5. The van der Waals surface area contributed by atoms with Crippen molar-refractivity contribution >= 4 is 11.9 Å². The van der Waals surface area contributed by atoms with Crippen LogP contribution in [0.25, 0.3) is 0 Å². The Bertz CT molecular complexity index is 926. The van der Waals surface area contributed by atoms with E-state index in [9.17, 15) is 9.59 Å². The normalized spacial score (nSPS) is 18.0. The van der Waals surface area contributed by atoms with E-state index in [-0.39, 0.29) is 23.7 Å². The van der Waals surface area contributed by atoms with Crippen molar-refractivity contribution in [1.82, 2.24) is 20.3 Å². The lowest BCUT2D eigenvalue weighted by Gasteiger charge is -2.36. The van der Waals surface area contributed by atoms with Crippen LogP contribution < -0.4 is 5.32 Å². The van der Waals surface area contributed by atoms with Gasteiger partial charge in [0.1, 0.15) is 0 Å². The van der Waals surface area contributed by atoms with Crippen molar-refractivity contribution < 1.29 is 23.6 Å². The average Bonchev–Trinajstić information content (AvgIpc) is 3.29. The van der Waals surface area contributed by atoms with E-state index in [2.05, 4.69) is 10.5 Å². The second-order valence-corrected chi connectivity index (χ2v) is 8.14. The number of hydrogen-bond donors (Lipinski definition) is 1. The molecular weight excluding hydrogens is 388 g/mol. The third-order valence-electron chi connectivity index (χ3n) is 6.09. The lowest BCUT2D eigenvalue weighted by molar-refractivity contribution is 0.0152. The van der Waals surface area contributed by atoms with Gasteiger partial charge in [0.25, 0.3) is 5.91 Å². The molecule has 1 spiro atoms. The Balaban J connectivity index is 1.47. The van der Waals surface area contributed by atoms with Crippen LogP contribution in [-0.2, 0) is 28.9 Å². The monoisotopic (exact) mass is 416 g/mol. The van der Waals surface area contributed by atoms with Gasteiger partial charge in [-0.2, -0.15) is 5.10 Å². The number of ether oxygens (including phenoxy) is 2. The summed E-state index contributed by atoms with van der Waals surface area (Å²) in [6.45, 7) is 6.67. The van der Waals surface area contributed by atoms with Crippen molar-refractivity contribution in [3.8, 4) is 0 Å². The van der Waals surface area contributed by atoms with Crippen molar-refractivity contribution in [3.05, 3.63) is 34.5 Å². The molecule has 4 rings (SSSR count). The van der Waals surface area contributed by atoms with Crippen LogP contribution in [0.5, 0.6) is 0 Å². The van der Waals surface area contributed by atoms with E-state index < -0.39 is 5.97 Å². The molecule has 0 aliphatic carbocycles. The number of aryl methyl sites for hydroxylation is 3. The summed E-state index contributed by atoms with van der Waals surface area (Å²) in [5, 5.41) is 11.4. The lowest BCUT2D eigenvalue weighted by Crippen LogP contribution is -2.40. The number of rotatable bonds is 6. The van der Waals surface area contributed by atoms with Crippen LogP contribution in [0.1, 0.15) is 64.1 Å². The number of nitrogens with zero attached hydrogens (tertiary/aromatic N) is 3. The highest BCUT2D eigenvalue weighted by Gasteiger charge is 2.39. The molecule has 30 heavy (non-hydrogen) atoms. The minimum atomic E-state index is -0.515. The first-order valence-electron chi connectivity index (χ1n) is 10.6. The Hall–Kier alpha value is -2.68. The highest BCUT2D eigenvalue weighted by atomic mass is 16.6. The Morgan fingerprint density at radius 2 is 2.17 bits per heavy atom. The fraction of sp³-hybridized carbons (Fsp3) is 0.619. The summed E-state index contributed by atoms with van der Waals surface area (Å²) in [7, 11) is 0. The van der Waals surface area contributed by atoms with Gasteiger partial charge in [-0.15, -0.1) is 0 Å². The standard InChI is InChI=1S/C21H28N4O5/c1-3-15-17-16(11-21(13-22-19(17)26)5-9-28-10-6-21)25(24-15)7-4-8-29-20(27)18-14(2)12-23-30-18/h12H,3-11,13H2,1-2H3,(H,22,26). The fourth-order valence-electron chi connectivity index (χ4n) is 4.29. The van der Waals surface area contributed by atoms with E-state index in [1.54, 1.807) is 6.92 Å². The molecule has 1 fully saturated rings. The summed E-state index contributed by atoms with van der Waals surface area (Å²) < 4.78 is 17.7. The Kier molecular flexibility index (Phi) is 5.90. The van der Waals surface area contributed by atoms with Crippen LogP contribution in [0.3, 0.4) is 0 Å². The molecule has 162 valence electrons. The van der Waals surface area contributed by atoms with Gasteiger partial charge in [-0.05, 0) is 38.0 Å². The Morgan fingerprint density at radius 3 is 2.87 bits per heavy atom. The van der Waals surface area contributed by atoms with Crippen LogP contribution in [0, 0.1) is 12.3 Å². The zero-order valence-electron chi connectivity index (χ0n) is 17.5. The number of amides is 1. The van der Waals surface area contributed by atoms with E-state index in [1.807, 2.05) is 11.6 Å². The first-order valence-corrected chi connectivity index (χ1v) is 10.6. The van der Waals surface area contributed by atoms with E-state index in [4.69, 9.17) is 19.1 Å². The third-order valence-corrected chi connectivity index (χ3v) is 6.09. The van der Waals surface area contributed by atoms with Gasteiger partial charge in [0, 0.05) is 38.3 Å². The molecule has 2 aromatic heterocycles. The maximum atomic E-state index is 12.8. The molecule has 9 heteroatoms. The molecule has 0 bridgehead atoms. The van der Waals surface area contributed by atoms with Crippen molar-refractivity contribution in [2.45, 2.75) is 52.5 Å². The molecule has 0 saturated carbocycles. The zero-order valence-corrected chi connectivity index (χ0v) is 17.5. The third kappa shape index (κ3) is 3.98. The number of carbonyl (C=O) groups excluding carboxylic acids is 2. The minimum Gasteiger partial charge on any atom is -0.460 e. The topological polar surface area (TPSA) is 108 Å². The molecule has 1 N–H and O–H groups in total. The van der Waals surface area contributed by atoms with E-state index in [0.717, 1.165) is 49.4 Å². The van der Waals surface area contributed by atoms with Gasteiger partial charge in [0.15, 0.2) is 0 Å². The first kappa shape index (κ1) is 20.6. The first-order chi connectivity index (χ1) is 14.5. The second kappa shape index (κ2) is 8.59. The number of aromatic nitrogens is 3. The van der Waals surface area contributed by atoms with E-state index in [1.165, 1.54) is 6.20 Å². The van der Waals surface area contributed by atoms with Gasteiger partial charge in [-0.3, -0.25) is 9.48 Å². The second-order valence-electron chi connectivity index (χ2n) is 8.14. The van der Waals surface area contributed by atoms with Crippen LogP contribution in [-0.4, -0.2) is 53.2 Å². The molecule has 0 unspecified atom stereocenters. The zero-order chi connectivity index (χ0) is 21.1. The molecule has 2 aliphatic rings. The predicted octanol–water partition coefficient (Wildman–Crippen LogP) is 2.07. The van der Waals surface area contributed by atoms with Gasteiger partial charge in [0.05, 0.1) is 29.8 Å². The quantitative estimate of drug-likeness (QED) is 0.567. The number of esters is 1. The average molecular weight is 416 g/mol. The van der Waals surface area contributed by atoms with Crippen molar-refractivity contribution in [1.29, 1.82) is 0 Å². The molecule has 4 heterocycles. The van der Waals surface area contributed by atoms with Crippen LogP contribution >= 0.6 is 0 Å². The molecule has 1 amide bonds. The summed E-state index contributed by atoms with van der Waals surface area (Å²) >= 11 is 0. The molecule has 2 aliphatic heterocycles. The molecule has 0 radical (unpaired) electrons. The van der Waals surface area contributed by atoms with Gasteiger partial charge in [-0.25, -0.2) is 4.79 Å². The van der Waals surface area contributed by atoms with Gasteiger partial charge >= 0.3 is 5.97 Å². The lowest BCUT2D eigenvalue weighted by atomic mass is 9.76. The van der Waals surface area contributed by atoms with Crippen LogP contribution in [0.15, 0.2) is 10.7 Å². The number of nitrogens with one attached hydrogen (secondary N) is 1. The van der Waals surface area contributed by atoms with Crippen molar-refractivity contribution in [3.63, 3.8) is 0 Å². The van der Waals surface area contributed by atoms with Crippen molar-refractivity contribution in [2.75, 3.05) is 26.4 Å². The Labute approximate surface area is 175 Å². The summed E-state index contributed by atoms with van der Waals surface area (Å²) in [6, 6.07) is 0. The Morgan fingerprint density at radius 1 is 1.37 bits per heavy atom. The molecule has 9 nitrogen and oxygen atoms in total. The fourth-order valence-corrected chi connectivity index (χ4v) is 4.29. The number of fused-ring (bicyclic) bond motifs is 1. The largest absolute Gasteiger partial charge is 0.460 e. The maximum absolute atomic E-state index is 12.8. The highest BCUT2D eigenvalue weighted by molar-refractivity contribution is 5.97. The summed E-state index contributed by atoms with van der Waals surface area (Å²) in [5.74, 6) is -0.419. The summed E-state index contributed by atoms with van der Waals surface area (Å²) in [6.07, 6.45) is 5.42. The van der Waals surface area contributed by atoms with Crippen molar-refractivity contribution in [2.24, 2.45) is 5.41 Å². The minimum absolute atomic E-state index is 0.0121. The van der Waals surface area contributed by atoms with Crippen LogP contribution in [0.4, 0.5) is 0 Å². The SMILES string of the molecule is CCc1nn(CCCOC(=O)c2oncc2C)c2c1C(=O)NCC1(CCOCC1)C2.